The van der Waals surface area contributed by atoms with Crippen LogP contribution in [0, 0.1) is 6.92 Å². The molecule has 1 aromatic heterocycles. The van der Waals surface area contributed by atoms with Crippen LogP contribution in [0.5, 0.6) is 0 Å². The Kier molecular flexibility index (Phi) is 6.70. The van der Waals surface area contributed by atoms with Crippen LogP contribution in [0.25, 0.3) is 0 Å². The summed E-state index contributed by atoms with van der Waals surface area (Å²) in [5.74, 6) is -0.249. The first-order chi connectivity index (χ1) is 13.4. The molecule has 2 N–H and O–H groups in total. The van der Waals surface area contributed by atoms with Crippen molar-refractivity contribution in [1.29, 1.82) is 0 Å². The topological polar surface area (TPSA) is 64.7 Å². The van der Waals surface area contributed by atoms with Gasteiger partial charge in [-0.15, -0.1) is 11.3 Å². The van der Waals surface area contributed by atoms with E-state index in [2.05, 4.69) is 39.6 Å². The van der Waals surface area contributed by atoms with Crippen molar-refractivity contribution in [3.05, 3.63) is 46.2 Å². The molecule has 1 aromatic carbocycles. The zero-order valence-corrected chi connectivity index (χ0v) is 17.5. The van der Waals surface area contributed by atoms with Crippen molar-refractivity contribution in [1.82, 2.24) is 10.2 Å². The molecule has 1 unspecified atom stereocenters. The van der Waals surface area contributed by atoms with Gasteiger partial charge in [0.15, 0.2) is 0 Å². The van der Waals surface area contributed by atoms with E-state index in [-0.39, 0.29) is 24.3 Å². The minimum Gasteiger partial charge on any atom is -0.369 e. The van der Waals surface area contributed by atoms with Gasteiger partial charge in [-0.2, -0.15) is 0 Å². The lowest BCUT2D eigenvalue weighted by Crippen LogP contribution is -2.44. The van der Waals surface area contributed by atoms with Crippen LogP contribution in [0.4, 0.5) is 11.4 Å². The van der Waals surface area contributed by atoms with Crippen LogP contribution < -0.4 is 15.5 Å². The predicted octanol–water partition coefficient (Wildman–Crippen LogP) is 3.01. The highest BCUT2D eigenvalue weighted by Crippen LogP contribution is 2.26. The average molecular weight is 401 g/mol. The Balaban J connectivity index is 1.64. The Hall–Kier alpha value is -2.38. The summed E-state index contributed by atoms with van der Waals surface area (Å²) >= 11 is 1.54. The smallest absolute Gasteiger partial charge is 0.226 e. The van der Waals surface area contributed by atoms with E-state index >= 15 is 0 Å². The van der Waals surface area contributed by atoms with E-state index in [1.54, 1.807) is 0 Å². The Morgan fingerprint density at radius 3 is 2.54 bits per heavy atom. The minimum absolute atomic E-state index is 0.109. The molecule has 0 spiro atoms. The molecule has 1 aliphatic heterocycles. The van der Waals surface area contributed by atoms with E-state index in [1.165, 1.54) is 23.9 Å². The number of nitrogens with zero attached hydrogens (tertiary/aromatic N) is 2. The fourth-order valence-electron chi connectivity index (χ4n) is 3.39. The van der Waals surface area contributed by atoms with Crippen molar-refractivity contribution in [2.24, 2.45) is 0 Å². The molecule has 0 radical (unpaired) electrons. The van der Waals surface area contributed by atoms with E-state index in [0.717, 1.165) is 42.3 Å². The van der Waals surface area contributed by atoms with E-state index in [9.17, 15) is 9.59 Å². The van der Waals surface area contributed by atoms with Crippen LogP contribution in [-0.4, -0.2) is 49.9 Å². The number of amides is 2. The van der Waals surface area contributed by atoms with Crippen LogP contribution >= 0.6 is 11.3 Å². The summed E-state index contributed by atoms with van der Waals surface area (Å²) in [6.07, 6.45) is 0.208. The highest BCUT2D eigenvalue weighted by molar-refractivity contribution is 7.10. The number of benzene rings is 1. The molecule has 3 rings (SSSR count). The summed E-state index contributed by atoms with van der Waals surface area (Å²) in [6, 6.07) is 9.73. The van der Waals surface area contributed by atoms with Crippen molar-refractivity contribution in [3.8, 4) is 0 Å². The number of nitrogens with one attached hydrogen (secondary N) is 2. The number of rotatable bonds is 6. The average Bonchev–Trinajstić information content (AvgIpc) is 3.18. The van der Waals surface area contributed by atoms with Gasteiger partial charge in [0.25, 0.3) is 0 Å². The van der Waals surface area contributed by atoms with Crippen molar-refractivity contribution >= 4 is 34.5 Å². The number of carbonyl (C=O) groups excluding carboxylic acids is 2. The molecular formula is C21H28N4O2S. The maximum atomic E-state index is 12.6. The molecule has 1 fully saturated rings. The highest BCUT2D eigenvalue weighted by Gasteiger charge is 2.19. The molecule has 1 saturated heterocycles. The molecule has 2 aromatic rings. The lowest BCUT2D eigenvalue weighted by molar-refractivity contribution is -0.120. The number of carbonyl (C=O) groups is 2. The number of piperazine rings is 1. The third kappa shape index (κ3) is 5.33. The standard InChI is InChI=1S/C21H28N4O2S/c1-15-13-17(25-10-8-24(3)9-11-25)6-7-18(15)23-21(27)14-19(22-16(2)26)20-5-4-12-28-20/h4-7,12-13,19H,8-11,14H2,1-3H3,(H,22,26)(H,23,27). The number of thiophene rings is 1. The first-order valence-corrected chi connectivity index (χ1v) is 10.4. The van der Waals surface area contributed by atoms with E-state index < -0.39 is 0 Å². The second-order valence-corrected chi connectivity index (χ2v) is 8.29. The number of anilines is 2. The third-order valence-electron chi connectivity index (χ3n) is 5.01. The molecule has 7 heteroatoms. The monoisotopic (exact) mass is 400 g/mol. The summed E-state index contributed by atoms with van der Waals surface area (Å²) in [5, 5.41) is 7.82. The fourth-order valence-corrected chi connectivity index (χ4v) is 4.17. The lowest BCUT2D eigenvalue weighted by atomic mass is 10.1. The largest absolute Gasteiger partial charge is 0.369 e. The number of hydrogen-bond donors (Lipinski definition) is 2. The minimum atomic E-state index is -0.303. The fraction of sp³-hybridized carbons (Fsp3) is 0.429. The quantitative estimate of drug-likeness (QED) is 0.782. The predicted molar refractivity (Wildman–Crippen MR) is 115 cm³/mol. The normalized spacial score (nSPS) is 15.9. The molecule has 0 bridgehead atoms. The number of aryl methyl sites for hydroxylation is 1. The van der Waals surface area contributed by atoms with Crippen molar-refractivity contribution in [2.75, 3.05) is 43.4 Å². The van der Waals surface area contributed by atoms with Gasteiger partial charge in [-0.3, -0.25) is 9.59 Å². The van der Waals surface area contributed by atoms with Crippen LogP contribution in [0.1, 0.15) is 29.8 Å². The summed E-state index contributed by atoms with van der Waals surface area (Å²) in [6.45, 7) is 7.64. The Morgan fingerprint density at radius 2 is 1.93 bits per heavy atom. The number of likely N-dealkylation sites (N-methyl/N-ethyl adjacent to an activating group) is 1. The van der Waals surface area contributed by atoms with Gasteiger partial charge < -0.3 is 20.4 Å². The molecule has 0 saturated carbocycles. The summed E-state index contributed by atoms with van der Waals surface area (Å²) in [7, 11) is 2.14. The maximum absolute atomic E-state index is 12.6. The number of hydrogen-bond acceptors (Lipinski definition) is 5. The molecule has 28 heavy (non-hydrogen) atoms. The molecule has 1 atom stereocenters. The van der Waals surface area contributed by atoms with Crippen molar-refractivity contribution in [2.45, 2.75) is 26.3 Å². The molecular weight excluding hydrogens is 372 g/mol. The lowest BCUT2D eigenvalue weighted by Gasteiger charge is -2.34. The zero-order valence-electron chi connectivity index (χ0n) is 16.7. The van der Waals surface area contributed by atoms with Crippen molar-refractivity contribution in [3.63, 3.8) is 0 Å². The van der Waals surface area contributed by atoms with Crippen LogP contribution in [-0.2, 0) is 9.59 Å². The van der Waals surface area contributed by atoms with E-state index in [4.69, 9.17) is 0 Å². The maximum Gasteiger partial charge on any atom is 0.226 e. The molecule has 6 nitrogen and oxygen atoms in total. The first kappa shape index (κ1) is 20.4. The van der Waals surface area contributed by atoms with Gasteiger partial charge in [-0.25, -0.2) is 0 Å². The van der Waals surface area contributed by atoms with Gasteiger partial charge in [-0.05, 0) is 49.2 Å². The Morgan fingerprint density at radius 1 is 1.18 bits per heavy atom. The Labute approximate surface area is 170 Å². The molecule has 0 aliphatic carbocycles. The summed E-state index contributed by atoms with van der Waals surface area (Å²) in [4.78, 5) is 29.8. The second kappa shape index (κ2) is 9.21. The SMILES string of the molecule is CC(=O)NC(CC(=O)Nc1ccc(N2CCN(C)CC2)cc1C)c1cccs1. The second-order valence-electron chi connectivity index (χ2n) is 7.31. The summed E-state index contributed by atoms with van der Waals surface area (Å²) < 4.78 is 0. The van der Waals surface area contributed by atoms with E-state index in [1.807, 2.05) is 30.5 Å². The summed E-state index contributed by atoms with van der Waals surface area (Å²) in [5.41, 5.74) is 3.05. The zero-order chi connectivity index (χ0) is 20.1. The van der Waals surface area contributed by atoms with Gasteiger partial charge in [0, 0.05) is 49.4 Å². The van der Waals surface area contributed by atoms with Gasteiger partial charge in [0.05, 0.1) is 12.5 Å². The molecule has 1 aliphatic rings. The highest BCUT2D eigenvalue weighted by atomic mass is 32.1. The van der Waals surface area contributed by atoms with Gasteiger partial charge in [-0.1, -0.05) is 6.07 Å². The van der Waals surface area contributed by atoms with Crippen molar-refractivity contribution < 1.29 is 9.59 Å². The van der Waals surface area contributed by atoms with E-state index in [0.29, 0.717) is 0 Å². The molecule has 2 heterocycles. The van der Waals surface area contributed by atoms with Gasteiger partial charge in [0.2, 0.25) is 11.8 Å². The molecule has 150 valence electrons. The third-order valence-corrected chi connectivity index (χ3v) is 5.99. The van der Waals surface area contributed by atoms with Crippen LogP contribution in [0.3, 0.4) is 0 Å². The van der Waals surface area contributed by atoms with Crippen LogP contribution in [0.2, 0.25) is 0 Å². The first-order valence-electron chi connectivity index (χ1n) is 9.57. The van der Waals surface area contributed by atoms with Crippen LogP contribution in [0.15, 0.2) is 35.7 Å². The van der Waals surface area contributed by atoms with Gasteiger partial charge in [0.1, 0.15) is 0 Å². The molecule has 2 amide bonds. The van der Waals surface area contributed by atoms with Gasteiger partial charge >= 0.3 is 0 Å². The Bertz CT molecular complexity index is 814.